The van der Waals surface area contributed by atoms with Crippen molar-refractivity contribution in [3.05, 3.63) is 35.6 Å². The van der Waals surface area contributed by atoms with Crippen LogP contribution < -0.4 is 11.1 Å². The highest BCUT2D eigenvalue weighted by atomic mass is 35.5. The van der Waals surface area contributed by atoms with Crippen molar-refractivity contribution < 1.29 is 14.0 Å². The first-order valence-electron chi connectivity index (χ1n) is 8.00. The Morgan fingerprint density at radius 1 is 1.25 bits per heavy atom. The summed E-state index contributed by atoms with van der Waals surface area (Å²) in [6.45, 7) is 4.62. The summed E-state index contributed by atoms with van der Waals surface area (Å²) in [6.07, 6.45) is 1.33. The quantitative estimate of drug-likeness (QED) is 0.864. The summed E-state index contributed by atoms with van der Waals surface area (Å²) < 4.78 is 13.7. The highest BCUT2D eigenvalue weighted by molar-refractivity contribution is 5.94. The molecule has 1 heterocycles. The Balaban J connectivity index is 0.00000288. The zero-order chi connectivity index (χ0) is 17.0. The number of hydrogen-bond acceptors (Lipinski definition) is 3. The molecular weight excluding hydrogens is 333 g/mol. The molecule has 2 rings (SSSR count). The lowest BCUT2D eigenvalue weighted by atomic mass is 10.00. The fraction of sp³-hybridized carbons (Fsp3) is 0.529. The molecule has 1 aromatic rings. The van der Waals surface area contributed by atoms with E-state index >= 15 is 0 Å². The van der Waals surface area contributed by atoms with Gasteiger partial charge in [-0.25, -0.2) is 4.39 Å². The zero-order valence-corrected chi connectivity index (χ0v) is 14.8. The number of piperidine rings is 1. The Morgan fingerprint density at radius 3 is 2.38 bits per heavy atom. The molecule has 2 unspecified atom stereocenters. The largest absolute Gasteiger partial charge is 0.353 e. The molecule has 3 N–H and O–H groups in total. The first kappa shape index (κ1) is 20.4. The number of nitrogens with two attached hydrogens (primary N) is 1. The second kappa shape index (κ2) is 8.99. The van der Waals surface area contributed by atoms with Gasteiger partial charge in [0, 0.05) is 31.1 Å². The smallest absolute Gasteiger partial charge is 0.256 e. The van der Waals surface area contributed by atoms with Crippen molar-refractivity contribution in [2.24, 2.45) is 11.7 Å². The third kappa shape index (κ3) is 4.92. The maximum absolute atomic E-state index is 13.7. The summed E-state index contributed by atoms with van der Waals surface area (Å²) in [5.74, 6) is -1.09. The molecule has 0 aromatic heterocycles. The van der Waals surface area contributed by atoms with E-state index in [1.807, 2.05) is 0 Å². The predicted octanol–water partition coefficient (Wildman–Crippen LogP) is 1.95. The lowest BCUT2D eigenvalue weighted by Gasteiger charge is -2.33. The second-order valence-electron chi connectivity index (χ2n) is 6.20. The average molecular weight is 358 g/mol. The standard InChI is InChI=1S/C17H24FN3O2.ClH/c1-11(12(2)19)16(22)20-13-7-9-21(10-8-13)17(23)14-5-3-4-6-15(14)18;/h3-6,11-13H,7-10,19H2,1-2H3,(H,20,22);1H. The molecule has 1 aromatic carbocycles. The normalized spacial score (nSPS) is 17.6. The van der Waals surface area contributed by atoms with Crippen molar-refractivity contribution in [2.45, 2.75) is 38.8 Å². The van der Waals surface area contributed by atoms with Crippen LogP contribution >= 0.6 is 12.4 Å². The van der Waals surface area contributed by atoms with Crippen LogP contribution in [0, 0.1) is 11.7 Å². The molecule has 134 valence electrons. The van der Waals surface area contributed by atoms with E-state index in [0.717, 1.165) is 0 Å². The molecule has 0 bridgehead atoms. The molecule has 1 saturated heterocycles. The lowest BCUT2D eigenvalue weighted by Crippen LogP contribution is -2.49. The first-order valence-corrected chi connectivity index (χ1v) is 8.00. The van der Waals surface area contributed by atoms with E-state index in [9.17, 15) is 14.0 Å². The summed E-state index contributed by atoms with van der Waals surface area (Å²) in [5.41, 5.74) is 5.83. The topological polar surface area (TPSA) is 75.4 Å². The van der Waals surface area contributed by atoms with Crippen molar-refractivity contribution in [1.29, 1.82) is 0 Å². The molecule has 5 nitrogen and oxygen atoms in total. The van der Waals surface area contributed by atoms with E-state index in [4.69, 9.17) is 5.73 Å². The van der Waals surface area contributed by atoms with Gasteiger partial charge in [-0.15, -0.1) is 12.4 Å². The van der Waals surface area contributed by atoms with Gasteiger partial charge in [0.05, 0.1) is 5.56 Å². The first-order chi connectivity index (χ1) is 10.9. The van der Waals surface area contributed by atoms with Crippen LogP contribution in [0.4, 0.5) is 4.39 Å². The van der Waals surface area contributed by atoms with Gasteiger partial charge < -0.3 is 16.0 Å². The van der Waals surface area contributed by atoms with E-state index in [1.165, 1.54) is 12.1 Å². The molecule has 0 saturated carbocycles. The van der Waals surface area contributed by atoms with Gasteiger partial charge in [0.1, 0.15) is 5.82 Å². The number of hydrogen-bond donors (Lipinski definition) is 2. The number of halogens is 2. The van der Waals surface area contributed by atoms with Crippen LogP contribution in [-0.4, -0.2) is 41.9 Å². The van der Waals surface area contributed by atoms with Crippen LogP contribution in [0.25, 0.3) is 0 Å². The third-order valence-electron chi connectivity index (χ3n) is 4.44. The van der Waals surface area contributed by atoms with Crippen LogP contribution in [0.2, 0.25) is 0 Å². The molecule has 24 heavy (non-hydrogen) atoms. The SMILES string of the molecule is CC(N)C(C)C(=O)NC1CCN(C(=O)c2ccccc2F)CC1.Cl. The Kier molecular flexibility index (Phi) is 7.63. The minimum Gasteiger partial charge on any atom is -0.353 e. The third-order valence-corrected chi connectivity index (χ3v) is 4.44. The van der Waals surface area contributed by atoms with Gasteiger partial charge in [-0.3, -0.25) is 9.59 Å². The Morgan fingerprint density at radius 2 is 1.83 bits per heavy atom. The van der Waals surface area contributed by atoms with E-state index in [2.05, 4.69) is 5.32 Å². The number of nitrogens with zero attached hydrogens (tertiary/aromatic N) is 1. The van der Waals surface area contributed by atoms with E-state index in [0.29, 0.717) is 25.9 Å². The van der Waals surface area contributed by atoms with Gasteiger partial charge in [0.15, 0.2) is 0 Å². The monoisotopic (exact) mass is 357 g/mol. The van der Waals surface area contributed by atoms with Crippen LogP contribution in [0.3, 0.4) is 0 Å². The minimum atomic E-state index is -0.501. The molecule has 2 amide bonds. The maximum atomic E-state index is 13.7. The lowest BCUT2D eigenvalue weighted by molar-refractivity contribution is -0.125. The summed E-state index contributed by atoms with van der Waals surface area (Å²) in [7, 11) is 0. The second-order valence-corrected chi connectivity index (χ2v) is 6.20. The average Bonchev–Trinajstić information content (AvgIpc) is 2.54. The minimum absolute atomic E-state index is 0. The maximum Gasteiger partial charge on any atom is 0.256 e. The molecule has 0 aliphatic carbocycles. The highest BCUT2D eigenvalue weighted by Crippen LogP contribution is 2.16. The van der Waals surface area contributed by atoms with Gasteiger partial charge >= 0.3 is 0 Å². The summed E-state index contributed by atoms with van der Waals surface area (Å²) in [4.78, 5) is 26.0. The zero-order valence-electron chi connectivity index (χ0n) is 14.0. The van der Waals surface area contributed by atoms with Crippen molar-refractivity contribution in [3.63, 3.8) is 0 Å². The Hall–Kier alpha value is -1.66. The number of amides is 2. The van der Waals surface area contributed by atoms with Crippen molar-refractivity contribution in [3.8, 4) is 0 Å². The van der Waals surface area contributed by atoms with Gasteiger partial charge in [-0.1, -0.05) is 19.1 Å². The number of likely N-dealkylation sites (tertiary alicyclic amines) is 1. The van der Waals surface area contributed by atoms with Gasteiger partial charge in [-0.05, 0) is 31.9 Å². The van der Waals surface area contributed by atoms with Crippen LogP contribution in [0.5, 0.6) is 0 Å². The van der Waals surface area contributed by atoms with Gasteiger partial charge in [0.2, 0.25) is 5.91 Å². The molecular formula is C17H25ClFN3O2. The van der Waals surface area contributed by atoms with Crippen LogP contribution in [0.15, 0.2) is 24.3 Å². The van der Waals surface area contributed by atoms with Gasteiger partial charge in [-0.2, -0.15) is 0 Å². The number of benzene rings is 1. The molecule has 2 atom stereocenters. The molecule has 1 aliphatic rings. The van der Waals surface area contributed by atoms with E-state index in [-0.39, 0.29) is 47.8 Å². The Labute approximate surface area is 148 Å². The van der Waals surface area contributed by atoms with E-state index in [1.54, 1.807) is 30.9 Å². The summed E-state index contributed by atoms with van der Waals surface area (Å²) >= 11 is 0. The van der Waals surface area contributed by atoms with Crippen molar-refractivity contribution in [2.75, 3.05) is 13.1 Å². The fourth-order valence-corrected chi connectivity index (χ4v) is 2.60. The Bertz CT molecular complexity index is 575. The van der Waals surface area contributed by atoms with Crippen LogP contribution in [-0.2, 0) is 4.79 Å². The summed E-state index contributed by atoms with van der Waals surface area (Å²) in [6, 6.07) is 5.84. The highest BCUT2D eigenvalue weighted by Gasteiger charge is 2.27. The van der Waals surface area contributed by atoms with Gasteiger partial charge in [0.25, 0.3) is 5.91 Å². The number of carbonyl (C=O) groups excluding carboxylic acids is 2. The van der Waals surface area contributed by atoms with Crippen molar-refractivity contribution in [1.82, 2.24) is 10.2 Å². The number of carbonyl (C=O) groups is 2. The van der Waals surface area contributed by atoms with E-state index < -0.39 is 5.82 Å². The fourth-order valence-electron chi connectivity index (χ4n) is 2.60. The summed E-state index contributed by atoms with van der Waals surface area (Å²) in [5, 5.41) is 2.98. The predicted molar refractivity (Wildman–Crippen MR) is 93.5 cm³/mol. The molecule has 0 spiro atoms. The number of rotatable bonds is 4. The van der Waals surface area contributed by atoms with Crippen LogP contribution in [0.1, 0.15) is 37.0 Å². The molecule has 0 radical (unpaired) electrons. The molecule has 7 heteroatoms. The molecule has 1 fully saturated rings. The molecule has 1 aliphatic heterocycles. The van der Waals surface area contributed by atoms with Crippen molar-refractivity contribution >= 4 is 24.2 Å². The number of nitrogens with one attached hydrogen (secondary N) is 1.